The van der Waals surface area contributed by atoms with Crippen LogP contribution in [0.25, 0.3) is 0 Å². The molecule has 0 aliphatic rings. The lowest BCUT2D eigenvalue weighted by Crippen LogP contribution is -2.28. The Morgan fingerprint density at radius 1 is 1.29 bits per heavy atom. The first-order valence-electron chi connectivity index (χ1n) is 6.86. The van der Waals surface area contributed by atoms with Crippen LogP contribution in [0.5, 0.6) is 0 Å². The molecule has 0 aliphatic heterocycles. The molecule has 2 amide bonds. The highest BCUT2D eigenvalue weighted by molar-refractivity contribution is 5.91. The van der Waals surface area contributed by atoms with Gasteiger partial charge in [-0.15, -0.1) is 0 Å². The van der Waals surface area contributed by atoms with E-state index in [2.05, 4.69) is 17.7 Å². The van der Waals surface area contributed by atoms with Crippen molar-refractivity contribution in [1.29, 1.82) is 5.26 Å². The Labute approximate surface area is 124 Å². The van der Waals surface area contributed by atoms with Gasteiger partial charge < -0.3 is 5.32 Å². The van der Waals surface area contributed by atoms with Crippen molar-refractivity contribution in [2.45, 2.75) is 32.6 Å². The molecular weight excluding hydrogens is 270 g/mol. The van der Waals surface area contributed by atoms with E-state index in [9.17, 15) is 9.59 Å². The minimum Gasteiger partial charge on any atom is -0.324 e. The number of carbonyl (C=O) groups excluding carboxylic acids is 2. The number of nitrogens with zero attached hydrogens (tertiary/aromatic N) is 1. The molecule has 0 fully saturated rings. The Morgan fingerprint density at radius 3 is 2.81 bits per heavy atom. The summed E-state index contributed by atoms with van der Waals surface area (Å²) in [6.07, 6.45) is 3.22. The fourth-order valence-electron chi connectivity index (χ4n) is 1.63. The lowest BCUT2D eigenvalue weighted by atomic mass is 10.2. The predicted octanol–water partition coefficient (Wildman–Crippen LogP) is 2.12. The van der Waals surface area contributed by atoms with Crippen molar-refractivity contribution >= 4 is 17.5 Å². The zero-order valence-electron chi connectivity index (χ0n) is 12.0. The largest absolute Gasteiger partial charge is 0.324 e. The van der Waals surface area contributed by atoms with E-state index in [1.807, 2.05) is 6.07 Å². The maximum absolute atomic E-state index is 11.6. The second-order valence-corrected chi connectivity index (χ2v) is 4.51. The molecule has 0 aromatic heterocycles. The summed E-state index contributed by atoms with van der Waals surface area (Å²) in [5.41, 5.74) is 3.20. The first-order chi connectivity index (χ1) is 10.2. The zero-order valence-corrected chi connectivity index (χ0v) is 12.0. The third-order valence-corrected chi connectivity index (χ3v) is 2.67. The van der Waals surface area contributed by atoms with E-state index in [1.165, 1.54) is 0 Å². The van der Waals surface area contributed by atoms with Crippen LogP contribution in [-0.2, 0) is 14.4 Å². The molecule has 0 bridgehead atoms. The molecule has 0 unspecified atom stereocenters. The first kappa shape index (κ1) is 16.7. The number of amides is 2. The number of benzene rings is 1. The molecule has 0 radical (unpaired) electrons. The van der Waals surface area contributed by atoms with Gasteiger partial charge in [0.15, 0.2) is 6.61 Å². The summed E-state index contributed by atoms with van der Waals surface area (Å²) in [6.45, 7) is 1.77. The highest BCUT2D eigenvalue weighted by Gasteiger charge is 2.05. The van der Waals surface area contributed by atoms with Crippen molar-refractivity contribution in [3.8, 4) is 6.07 Å². The van der Waals surface area contributed by atoms with Crippen LogP contribution in [0.4, 0.5) is 5.69 Å². The second-order valence-electron chi connectivity index (χ2n) is 4.51. The number of hydrogen-bond donors (Lipinski definition) is 2. The highest BCUT2D eigenvalue weighted by Crippen LogP contribution is 2.09. The Balaban J connectivity index is 2.25. The summed E-state index contributed by atoms with van der Waals surface area (Å²) in [7, 11) is 0. The number of nitrogens with one attached hydrogen (secondary N) is 2. The van der Waals surface area contributed by atoms with Crippen LogP contribution in [0.1, 0.15) is 38.2 Å². The summed E-state index contributed by atoms with van der Waals surface area (Å²) in [6, 6.07) is 8.52. The molecule has 0 aliphatic carbocycles. The van der Waals surface area contributed by atoms with Gasteiger partial charge in [-0.1, -0.05) is 25.8 Å². The van der Waals surface area contributed by atoms with Gasteiger partial charge in [-0.25, -0.2) is 5.48 Å². The van der Waals surface area contributed by atoms with E-state index < -0.39 is 5.91 Å². The van der Waals surface area contributed by atoms with Crippen molar-refractivity contribution in [1.82, 2.24) is 5.48 Å². The standard InChI is InChI=1S/C15H19N3O3/c1-2-3-4-8-14(19)18-21-11-15(20)17-13-7-5-6-12(9-13)10-16/h5-7,9H,2-4,8,11H2,1H3,(H,17,20)(H,18,19). The van der Waals surface area contributed by atoms with Gasteiger partial charge in [0.25, 0.3) is 5.91 Å². The number of nitriles is 1. The van der Waals surface area contributed by atoms with E-state index in [-0.39, 0.29) is 12.5 Å². The number of hydrogen-bond acceptors (Lipinski definition) is 4. The molecule has 1 aromatic carbocycles. The Kier molecular flexibility index (Phi) is 7.54. The molecule has 21 heavy (non-hydrogen) atoms. The fraction of sp³-hybridized carbons (Fsp3) is 0.400. The van der Waals surface area contributed by atoms with Gasteiger partial charge in [0.2, 0.25) is 5.91 Å². The van der Waals surface area contributed by atoms with Crippen molar-refractivity contribution in [3.05, 3.63) is 29.8 Å². The number of unbranched alkanes of at least 4 members (excludes halogenated alkanes) is 2. The van der Waals surface area contributed by atoms with Crippen molar-refractivity contribution in [2.75, 3.05) is 11.9 Å². The molecule has 6 nitrogen and oxygen atoms in total. The van der Waals surface area contributed by atoms with Gasteiger partial charge in [-0.05, 0) is 24.6 Å². The summed E-state index contributed by atoms with van der Waals surface area (Å²) in [4.78, 5) is 27.8. The third-order valence-electron chi connectivity index (χ3n) is 2.67. The Morgan fingerprint density at radius 2 is 2.10 bits per heavy atom. The normalized spacial score (nSPS) is 9.71. The number of hydroxylamine groups is 1. The molecule has 0 spiro atoms. The van der Waals surface area contributed by atoms with Gasteiger partial charge >= 0.3 is 0 Å². The number of carbonyl (C=O) groups is 2. The fourth-order valence-corrected chi connectivity index (χ4v) is 1.63. The molecular formula is C15H19N3O3. The number of anilines is 1. The van der Waals surface area contributed by atoms with Crippen molar-refractivity contribution in [3.63, 3.8) is 0 Å². The molecule has 0 saturated carbocycles. The minimum atomic E-state index is -0.404. The van der Waals surface area contributed by atoms with Crippen LogP contribution in [0.15, 0.2) is 24.3 Å². The van der Waals surface area contributed by atoms with E-state index >= 15 is 0 Å². The topological polar surface area (TPSA) is 91.2 Å². The van der Waals surface area contributed by atoms with Crippen molar-refractivity contribution in [2.24, 2.45) is 0 Å². The Hall–Kier alpha value is -2.39. The average Bonchev–Trinajstić information content (AvgIpc) is 2.47. The maximum atomic E-state index is 11.6. The van der Waals surface area contributed by atoms with Crippen LogP contribution >= 0.6 is 0 Å². The van der Waals surface area contributed by atoms with E-state index in [4.69, 9.17) is 10.1 Å². The predicted molar refractivity (Wildman–Crippen MR) is 78.0 cm³/mol. The second kappa shape index (κ2) is 9.50. The van der Waals surface area contributed by atoms with Gasteiger partial charge in [0.05, 0.1) is 11.6 Å². The summed E-state index contributed by atoms with van der Waals surface area (Å²) >= 11 is 0. The van der Waals surface area contributed by atoms with Gasteiger partial charge in [-0.2, -0.15) is 5.26 Å². The molecule has 1 rings (SSSR count). The quantitative estimate of drug-likeness (QED) is 0.566. The van der Waals surface area contributed by atoms with Crippen LogP contribution in [-0.4, -0.2) is 18.4 Å². The minimum absolute atomic E-state index is 0.234. The maximum Gasteiger partial charge on any atom is 0.253 e. The van der Waals surface area contributed by atoms with Gasteiger partial charge in [0, 0.05) is 12.1 Å². The van der Waals surface area contributed by atoms with E-state index in [0.717, 1.165) is 19.3 Å². The van der Waals surface area contributed by atoms with Crippen LogP contribution in [0.2, 0.25) is 0 Å². The van der Waals surface area contributed by atoms with E-state index in [0.29, 0.717) is 17.7 Å². The average molecular weight is 289 g/mol. The summed E-state index contributed by atoms with van der Waals surface area (Å²) < 4.78 is 0. The molecule has 112 valence electrons. The zero-order chi connectivity index (χ0) is 15.5. The Bertz CT molecular complexity index is 523. The SMILES string of the molecule is CCCCCC(=O)NOCC(=O)Nc1cccc(C#N)c1. The van der Waals surface area contributed by atoms with Gasteiger partial charge in [0.1, 0.15) is 0 Å². The van der Waals surface area contributed by atoms with Gasteiger partial charge in [-0.3, -0.25) is 14.4 Å². The first-order valence-corrected chi connectivity index (χ1v) is 6.86. The molecule has 6 heteroatoms. The lowest BCUT2D eigenvalue weighted by molar-refractivity contribution is -0.137. The smallest absolute Gasteiger partial charge is 0.253 e. The highest BCUT2D eigenvalue weighted by atomic mass is 16.7. The van der Waals surface area contributed by atoms with Crippen LogP contribution in [0.3, 0.4) is 0 Å². The number of rotatable bonds is 8. The lowest BCUT2D eigenvalue weighted by Gasteiger charge is -2.07. The molecule has 2 N–H and O–H groups in total. The summed E-state index contributed by atoms with van der Waals surface area (Å²) in [5.74, 6) is -0.637. The summed E-state index contributed by atoms with van der Waals surface area (Å²) in [5, 5.41) is 11.3. The molecule has 0 heterocycles. The molecule has 0 atom stereocenters. The van der Waals surface area contributed by atoms with Crippen LogP contribution < -0.4 is 10.8 Å². The third kappa shape index (κ3) is 7.09. The van der Waals surface area contributed by atoms with Crippen LogP contribution in [0, 0.1) is 11.3 Å². The monoisotopic (exact) mass is 289 g/mol. The molecule has 0 saturated heterocycles. The molecule has 1 aromatic rings. The van der Waals surface area contributed by atoms with Crippen molar-refractivity contribution < 1.29 is 14.4 Å². The van der Waals surface area contributed by atoms with E-state index in [1.54, 1.807) is 24.3 Å².